The summed E-state index contributed by atoms with van der Waals surface area (Å²) in [4.78, 5) is 25.0. The number of carbonyl (C=O) groups excluding carboxylic acids is 1. The van der Waals surface area contributed by atoms with Crippen LogP contribution >= 0.6 is 0 Å². The van der Waals surface area contributed by atoms with Gasteiger partial charge in [0.25, 0.3) is 0 Å². The molecule has 0 spiro atoms. The van der Waals surface area contributed by atoms with Gasteiger partial charge in [0.1, 0.15) is 6.04 Å². The Balaban J connectivity index is 2.22. The number of para-hydroxylation sites is 1. The van der Waals surface area contributed by atoms with Gasteiger partial charge < -0.3 is 15.3 Å². The lowest BCUT2D eigenvalue weighted by Crippen LogP contribution is -2.43. The number of nitrogens with one attached hydrogen (secondary N) is 1. The van der Waals surface area contributed by atoms with Gasteiger partial charge >= 0.3 is 12.0 Å². The van der Waals surface area contributed by atoms with E-state index in [4.69, 9.17) is 0 Å². The normalized spacial score (nSPS) is 18.1. The first-order chi connectivity index (χ1) is 9.91. The summed E-state index contributed by atoms with van der Waals surface area (Å²) in [6, 6.07) is 4.87. The van der Waals surface area contributed by atoms with Crippen molar-refractivity contribution in [2.45, 2.75) is 45.6 Å². The van der Waals surface area contributed by atoms with Crippen molar-refractivity contribution in [2.24, 2.45) is 0 Å². The molecule has 0 saturated carbocycles. The van der Waals surface area contributed by atoms with Gasteiger partial charge in [-0.25, -0.2) is 9.59 Å². The summed E-state index contributed by atoms with van der Waals surface area (Å²) in [6.07, 6.45) is 1.25. The summed E-state index contributed by atoms with van der Waals surface area (Å²) in [5, 5.41) is 12.1. The van der Waals surface area contributed by atoms with Gasteiger partial charge in [-0.1, -0.05) is 32.0 Å². The summed E-state index contributed by atoms with van der Waals surface area (Å²) in [5.41, 5.74) is 2.85. The number of aliphatic carboxylic acids is 1. The number of urea groups is 1. The zero-order valence-electron chi connectivity index (χ0n) is 12.7. The zero-order chi connectivity index (χ0) is 15.6. The van der Waals surface area contributed by atoms with E-state index in [0.29, 0.717) is 13.0 Å². The molecule has 1 saturated heterocycles. The first-order valence-electron chi connectivity index (χ1n) is 7.31. The van der Waals surface area contributed by atoms with Crippen LogP contribution in [-0.2, 0) is 4.79 Å². The number of aryl methyl sites for hydroxylation is 1. The fourth-order valence-electron chi connectivity index (χ4n) is 2.79. The molecule has 1 aromatic carbocycles. The molecule has 114 valence electrons. The van der Waals surface area contributed by atoms with Crippen molar-refractivity contribution in [3.8, 4) is 0 Å². The molecule has 5 heteroatoms. The van der Waals surface area contributed by atoms with E-state index in [-0.39, 0.29) is 11.9 Å². The number of anilines is 1. The van der Waals surface area contributed by atoms with E-state index < -0.39 is 12.0 Å². The average Bonchev–Trinajstić information content (AvgIpc) is 2.90. The van der Waals surface area contributed by atoms with Crippen LogP contribution in [0.1, 0.15) is 43.7 Å². The van der Waals surface area contributed by atoms with Crippen LogP contribution in [0, 0.1) is 6.92 Å². The molecule has 0 unspecified atom stereocenters. The smallest absolute Gasteiger partial charge is 0.326 e. The summed E-state index contributed by atoms with van der Waals surface area (Å²) in [6.45, 7) is 6.58. The molecule has 1 aliphatic heterocycles. The Hall–Kier alpha value is -2.04. The Kier molecular flexibility index (Phi) is 4.50. The van der Waals surface area contributed by atoms with E-state index >= 15 is 0 Å². The van der Waals surface area contributed by atoms with Gasteiger partial charge in [0.15, 0.2) is 0 Å². The van der Waals surface area contributed by atoms with E-state index in [9.17, 15) is 14.7 Å². The van der Waals surface area contributed by atoms with Crippen molar-refractivity contribution in [1.29, 1.82) is 0 Å². The van der Waals surface area contributed by atoms with Gasteiger partial charge in [-0.05, 0) is 36.8 Å². The highest BCUT2D eigenvalue weighted by molar-refractivity contribution is 5.94. The van der Waals surface area contributed by atoms with Crippen molar-refractivity contribution < 1.29 is 14.7 Å². The third-order valence-corrected chi connectivity index (χ3v) is 3.96. The van der Waals surface area contributed by atoms with Crippen LogP contribution in [0.3, 0.4) is 0 Å². The standard InChI is InChI=1S/C16H22N2O3/c1-10(2)12-7-4-6-11(3)14(12)17-16(21)18-9-5-8-13(18)15(19)20/h4,6-7,10,13H,5,8-9H2,1-3H3,(H,17,21)(H,19,20)/t13-/m0/s1. The van der Waals surface area contributed by atoms with Crippen LogP contribution in [0.5, 0.6) is 0 Å². The number of carbonyl (C=O) groups is 2. The van der Waals surface area contributed by atoms with E-state index in [1.807, 2.05) is 25.1 Å². The Bertz CT molecular complexity index is 554. The van der Waals surface area contributed by atoms with Crippen LogP contribution in [-0.4, -0.2) is 34.6 Å². The van der Waals surface area contributed by atoms with Gasteiger partial charge in [0, 0.05) is 12.2 Å². The maximum Gasteiger partial charge on any atom is 0.326 e. The van der Waals surface area contributed by atoms with Gasteiger partial charge in [-0.3, -0.25) is 0 Å². The molecule has 2 amide bonds. The second-order valence-electron chi connectivity index (χ2n) is 5.81. The third kappa shape index (κ3) is 3.17. The summed E-state index contributed by atoms with van der Waals surface area (Å²) >= 11 is 0. The minimum atomic E-state index is -0.934. The fraction of sp³-hybridized carbons (Fsp3) is 0.500. The van der Waals surface area contributed by atoms with Crippen molar-refractivity contribution >= 4 is 17.7 Å². The Morgan fingerprint density at radius 2 is 2.10 bits per heavy atom. The maximum absolute atomic E-state index is 12.4. The van der Waals surface area contributed by atoms with Crippen LogP contribution in [0.4, 0.5) is 10.5 Å². The SMILES string of the molecule is Cc1cccc(C(C)C)c1NC(=O)N1CCC[C@H]1C(=O)O. The molecule has 2 rings (SSSR count). The van der Waals surface area contributed by atoms with Gasteiger partial charge in [-0.15, -0.1) is 0 Å². The molecule has 0 aromatic heterocycles. The monoisotopic (exact) mass is 290 g/mol. The molecule has 0 radical (unpaired) electrons. The third-order valence-electron chi connectivity index (χ3n) is 3.96. The van der Waals surface area contributed by atoms with Crippen LogP contribution in [0.15, 0.2) is 18.2 Å². The molecule has 1 heterocycles. The van der Waals surface area contributed by atoms with Gasteiger partial charge in [0.05, 0.1) is 0 Å². The first kappa shape index (κ1) is 15.4. The number of nitrogens with zero attached hydrogens (tertiary/aromatic N) is 1. The molecule has 0 bridgehead atoms. The number of hydrogen-bond donors (Lipinski definition) is 2. The van der Waals surface area contributed by atoms with Crippen molar-refractivity contribution in [1.82, 2.24) is 4.90 Å². The number of carboxylic acids is 1. The van der Waals surface area contributed by atoms with Crippen LogP contribution < -0.4 is 5.32 Å². The topological polar surface area (TPSA) is 69.6 Å². The van der Waals surface area contributed by atoms with E-state index in [2.05, 4.69) is 19.2 Å². The lowest BCUT2D eigenvalue weighted by Gasteiger charge is -2.24. The van der Waals surface area contributed by atoms with Crippen molar-refractivity contribution in [3.05, 3.63) is 29.3 Å². The van der Waals surface area contributed by atoms with E-state index in [0.717, 1.165) is 23.2 Å². The molecule has 1 atom stereocenters. The van der Waals surface area contributed by atoms with Gasteiger partial charge in [0.2, 0.25) is 0 Å². The molecule has 1 aliphatic rings. The Morgan fingerprint density at radius 3 is 2.71 bits per heavy atom. The predicted octanol–water partition coefficient (Wildman–Crippen LogP) is 3.20. The number of rotatable bonds is 3. The number of hydrogen-bond acceptors (Lipinski definition) is 2. The average molecular weight is 290 g/mol. The fourth-order valence-corrected chi connectivity index (χ4v) is 2.79. The van der Waals surface area contributed by atoms with Crippen LogP contribution in [0.2, 0.25) is 0 Å². The molecular formula is C16H22N2O3. The largest absolute Gasteiger partial charge is 0.480 e. The molecule has 1 fully saturated rings. The maximum atomic E-state index is 12.4. The highest BCUT2D eigenvalue weighted by Crippen LogP contribution is 2.28. The molecular weight excluding hydrogens is 268 g/mol. The Morgan fingerprint density at radius 1 is 1.38 bits per heavy atom. The number of likely N-dealkylation sites (tertiary alicyclic amines) is 1. The molecule has 2 N–H and O–H groups in total. The highest BCUT2D eigenvalue weighted by atomic mass is 16.4. The lowest BCUT2D eigenvalue weighted by molar-refractivity contribution is -0.141. The van der Waals surface area contributed by atoms with Crippen LogP contribution in [0.25, 0.3) is 0 Å². The van der Waals surface area contributed by atoms with E-state index in [1.54, 1.807) is 0 Å². The summed E-state index contributed by atoms with van der Waals surface area (Å²) in [5.74, 6) is -0.648. The minimum absolute atomic E-state index is 0.286. The number of amides is 2. The summed E-state index contributed by atoms with van der Waals surface area (Å²) < 4.78 is 0. The molecule has 5 nitrogen and oxygen atoms in total. The summed E-state index contributed by atoms with van der Waals surface area (Å²) in [7, 11) is 0. The first-order valence-corrected chi connectivity index (χ1v) is 7.31. The van der Waals surface area contributed by atoms with E-state index in [1.165, 1.54) is 4.90 Å². The highest BCUT2D eigenvalue weighted by Gasteiger charge is 2.34. The number of benzene rings is 1. The molecule has 21 heavy (non-hydrogen) atoms. The minimum Gasteiger partial charge on any atom is -0.480 e. The van der Waals surface area contributed by atoms with Crippen molar-refractivity contribution in [2.75, 3.05) is 11.9 Å². The molecule has 0 aliphatic carbocycles. The second-order valence-corrected chi connectivity index (χ2v) is 5.81. The lowest BCUT2D eigenvalue weighted by atomic mass is 9.98. The molecule has 1 aromatic rings. The number of carboxylic acid groups (broad SMARTS) is 1. The van der Waals surface area contributed by atoms with Gasteiger partial charge in [-0.2, -0.15) is 0 Å². The zero-order valence-corrected chi connectivity index (χ0v) is 12.7. The van der Waals surface area contributed by atoms with Crippen molar-refractivity contribution in [3.63, 3.8) is 0 Å². The predicted molar refractivity (Wildman–Crippen MR) is 81.7 cm³/mol. The quantitative estimate of drug-likeness (QED) is 0.898. The second kappa shape index (κ2) is 6.16. The Labute approximate surface area is 125 Å².